The standard InChI is InChI=1S/C16H16NO2/c1-17(12-13-8-4-2-5-9-13)16(19)15(18)14-10-6-3-7-11-14/h2-11,15H,12H2,1H3. The number of benzene rings is 2. The molecule has 19 heavy (non-hydrogen) atoms. The Morgan fingerprint density at radius 1 is 1.00 bits per heavy atom. The van der Waals surface area contributed by atoms with Crippen LogP contribution in [0.1, 0.15) is 17.2 Å². The summed E-state index contributed by atoms with van der Waals surface area (Å²) in [6, 6.07) is 18.4. The van der Waals surface area contributed by atoms with Crippen molar-refractivity contribution in [2.45, 2.75) is 12.6 Å². The Kier molecular flexibility index (Phi) is 4.31. The predicted octanol–water partition coefficient (Wildman–Crippen LogP) is 2.82. The van der Waals surface area contributed by atoms with Crippen LogP contribution in [-0.4, -0.2) is 17.9 Å². The number of rotatable bonds is 4. The SMILES string of the molecule is CN(Cc1ccccc1)C(=O)C([O])c1ccccc1. The highest BCUT2D eigenvalue weighted by Gasteiger charge is 2.22. The number of likely N-dealkylation sites (N-methyl/N-ethyl adjacent to an activating group) is 1. The van der Waals surface area contributed by atoms with Gasteiger partial charge in [-0.05, 0) is 11.1 Å². The molecule has 2 aromatic rings. The van der Waals surface area contributed by atoms with E-state index in [0.717, 1.165) is 5.56 Å². The smallest absolute Gasteiger partial charge is 0.259 e. The van der Waals surface area contributed by atoms with Crippen LogP contribution in [0, 0.1) is 0 Å². The van der Waals surface area contributed by atoms with Crippen molar-refractivity contribution in [2.24, 2.45) is 0 Å². The van der Waals surface area contributed by atoms with Crippen LogP contribution in [-0.2, 0) is 16.4 Å². The molecule has 0 aromatic heterocycles. The first kappa shape index (κ1) is 13.3. The molecule has 0 saturated carbocycles. The minimum atomic E-state index is -1.35. The van der Waals surface area contributed by atoms with Gasteiger partial charge >= 0.3 is 0 Å². The van der Waals surface area contributed by atoms with E-state index in [-0.39, 0.29) is 0 Å². The Morgan fingerprint density at radius 3 is 2.11 bits per heavy atom. The Labute approximate surface area is 113 Å². The second kappa shape index (κ2) is 6.16. The van der Waals surface area contributed by atoms with E-state index in [0.29, 0.717) is 12.1 Å². The molecule has 0 fully saturated rings. The lowest BCUT2D eigenvalue weighted by Gasteiger charge is -2.19. The molecule has 0 aliphatic rings. The molecule has 2 aromatic carbocycles. The largest absolute Gasteiger partial charge is 0.339 e. The molecule has 2 rings (SSSR count). The minimum absolute atomic E-state index is 0.407. The summed E-state index contributed by atoms with van der Waals surface area (Å²) in [5.41, 5.74) is 1.52. The van der Waals surface area contributed by atoms with Crippen LogP contribution >= 0.6 is 0 Å². The Hall–Kier alpha value is -2.13. The van der Waals surface area contributed by atoms with Crippen molar-refractivity contribution in [2.75, 3.05) is 7.05 Å². The van der Waals surface area contributed by atoms with Crippen LogP contribution in [0.15, 0.2) is 60.7 Å². The second-order valence-corrected chi connectivity index (χ2v) is 4.47. The van der Waals surface area contributed by atoms with Crippen molar-refractivity contribution in [1.29, 1.82) is 0 Å². The fourth-order valence-electron chi connectivity index (χ4n) is 1.91. The van der Waals surface area contributed by atoms with Gasteiger partial charge in [0, 0.05) is 13.6 Å². The number of amides is 1. The molecular formula is C16H16NO2. The summed E-state index contributed by atoms with van der Waals surface area (Å²) in [6.45, 7) is 0.450. The van der Waals surface area contributed by atoms with Crippen LogP contribution in [0.3, 0.4) is 0 Å². The maximum absolute atomic E-state index is 12.1. The number of hydrogen-bond acceptors (Lipinski definition) is 1. The molecule has 1 radical (unpaired) electrons. The summed E-state index contributed by atoms with van der Waals surface area (Å²) in [6.07, 6.45) is -1.35. The van der Waals surface area contributed by atoms with Crippen molar-refractivity contribution in [1.82, 2.24) is 4.90 Å². The molecule has 0 spiro atoms. The van der Waals surface area contributed by atoms with Gasteiger partial charge in [0.2, 0.25) is 0 Å². The fourth-order valence-corrected chi connectivity index (χ4v) is 1.91. The molecule has 3 nitrogen and oxygen atoms in total. The van der Waals surface area contributed by atoms with E-state index in [1.165, 1.54) is 4.90 Å². The van der Waals surface area contributed by atoms with Crippen molar-refractivity contribution in [3.63, 3.8) is 0 Å². The minimum Gasteiger partial charge on any atom is -0.339 e. The second-order valence-electron chi connectivity index (χ2n) is 4.47. The highest BCUT2D eigenvalue weighted by Crippen LogP contribution is 2.16. The van der Waals surface area contributed by atoms with Crippen molar-refractivity contribution in [3.05, 3.63) is 71.8 Å². The summed E-state index contributed by atoms with van der Waals surface area (Å²) < 4.78 is 0. The lowest BCUT2D eigenvalue weighted by atomic mass is 10.1. The summed E-state index contributed by atoms with van der Waals surface area (Å²) in [5.74, 6) is -0.407. The first-order valence-electron chi connectivity index (χ1n) is 6.18. The van der Waals surface area contributed by atoms with E-state index in [1.54, 1.807) is 31.3 Å². The molecule has 1 atom stereocenters. The van der Waals surface area contributed by atoms with Gasteiger partial charge in [-0.1, -0.05) is 60.7 Å². The normalized spacial score (nSPS) is 11.9. The lowest BCUT2D eigenvalue weighted by Crippen LogP contribution is -2.30. The van der Waals surface area contributed by atoms with E-state index in [4.69, 9.17) is 0 Å². The van der Waals surface area contributed by atoms with E-state index in [2.05, 4.69) is 0 Å². The van der Waals surface area contributed by atoms with Crippen molar-refractivity contribution in [3.8, 4) is 0 Å². The molecule has 0 N–H and O–H groups in total. The molecule has 0 saturated heterocycles. The monoisotopic (exact) mass is 254 g/mol. The predicted molar refractivity (Wildman–Crippen MR) is 72.8 cm³/mol. The summed E-state index contributed by atoms with van der Waals surface area (Å²) in [4.78, 5) is 13.5. The third kappa shape index (κ3) is 3.42. The third-order valence-corrected chi connectivity index (χ3v) is 2.97. The van der Waals surface area contributed by atoms with Crippen molar-refractivity contribution >= 4 is 5.91 Å². The highest BCUT2D eigenvalue weighted by atomic mass is 16.3. The van der Waals surface area contributed by atoms with Crippen molar-refractivity contribution < 1.29 is 9.90 Å². The van der Waals surface area contributed by atoms with E-state index >= 15 is 0 Å². The zero-order valence-electron chi connectivity index (χ0n) is 10.8. The van der Waals surface area contributed by atoms with Crippen LogP contribution in [0.4, 0.5) is 0 Å². The number of nitrogens with zero attached hydrogens (tertiary/aromatic N) is 1. The number of carbonyl (C=O) groups is 1. The molecule has 0 heterocycles. The topological polar surface area (TPSA) is 40.2 Å². The molecule has 0 aliphatic heterocycles. The number of hydrogen-bond donors (Lipinski definition) is 0. The summed E-state index contributed by atoms with van der Waals surface area (Å²) >= 11 is 0. The fraction of sp³-hybridized carbons (Fsp3) is 0.188. The van der Waals surface area contributed by atoms with Crippen LogP contribution in [0.25, 0.3) is 0 Å². The van der Waals surface area contributed by atoms with Gasteiger partial charge in [0.25, 0.3) is 5.91 Å². The van der Waals surface area contributed by atoms with Gasteiger partial charge in [0.1, 0.15) is 0 Å². The molecule has 1 unspecified atom stereocenters. The maximum Gasteiger partial charge on any atom is 0.259 e. The van der Waals surface area contributed by atoms with Gasteiger partial charge in [-0.25, -0.2) is 5.11 Å². The van der Waals surface area contributed by atoms with Gasteiger partial charge in [-0.3, -0.25) is 4.79 Å². The quantitative estimate of drug-likeness (QED) is 0.827. The van der Waals surface area contributed by atoms with Gasteiger partial charge in [-0.15, -0.1) is 0 Å². The maximum atomic E-state index is 12.1. The van der Waals surface area contributed by atoms with E-state index in [9.17, 15) is 9.90 Å². The molecule has 0 bridgehead atoms. The zero-order valence-corrected chi connectivity index (χ0v) is 10.8. The Balaban J connectivity index is 2.03. The highest BCUT2D eigenvalue weighted by molar-refractivity contribution is 5.81. The first-order valence-corrected chi connectivity index (χ1v) is 6.18. The Morgan fingerprint density at radius 2 is 1.53 bits per heavy atom. The Bertz CT molecular complexity index is 525. The lowest BCUT2D eigenvalue weighted by molar-refractivity contribution is -0.143. The molecule has 3 heteroatoms. The molecule has 97 valence electrons. The van der Waals surface area contributed by atoms with Crippen LogP contribution in [0.2, 0.25) is 0 Å². The van der Waals surface area contributed by atoms with E-state index in [1.807, 2.05) is 36.4 Å². The van der Waals surface area contributed by atoms with Gasteiger partial charge < -0.3 is 4.90 Å². The number of carbonyl (C=O) groups excluding carboxylic acids is 1. The zero-order chi connectivity index (χ0) is 13.7. The summed E-state index contributed by atoms with van der Waals surface area (Å²) in [7, 11) is 1.66. The molecule has 0 aliphatic carbocycles. The average molecular weight is 254 g/mol. The van der Waals surface area contributed by atoms with Gasteiger partial charge in [0.05, 0.1) is 0 Å². The molecular weight excluding hydrogens is 238 g/mol. The molecule has 1 amide bonds. The van der Waals surface area contributed by atoms with Gasteiger partial charge in [0.15, 0.2) is 6.10 Å². The summed E-state index contributed by atoms with van der Waals surface area (Å²) in [5, 5.41) is 12.1. The first-order chi connectivity index (χ1) is 9.18. The third-order valence-electron chi connectivity index (χ3n) is 2.97. The van der Waals surface area contributed by atoms with Crippen LogP contribution in [0.5, 0.6) is 0 Å². The van der Waals surface area contributed by atoms with E-state index < -0.39 is 12.0 Å². The van der Waals surface area contributed by atoms with Crippen LogP contribution < -0.4 is 0 Å². The average Bonchev–Trinajstić information content (AvgIpc) is 2.47. The van der Waals surface area contributed by atoms with Gasteiger partial charge in [-0.2, -0.15) is 0 Å².